The molecule has 1 saturated carbocycles. The summed E-state index contributed by atoms with van der Waals surface area (Å²) in [5.41, 5.74) is 11.4. The molecule has 2 heterocycles. The maximum absolute atomic E-state index is 6.06. The molecule has 4 aromatic rings. The molecule has 6 heteroatoms. The van der Waals surface area contributed by atoms with Crippen molar-refractivity contribution in [3.05, 3.63) is 84.2 Å². The molecule has 31 heavy (non-hydrogen) atoms. The van der Waals surface area contributed by atoms with Crippen LogP contribution in [-0.4, -0.2) is 26.7 Å². The molecule has 0 bridgehead atoms. The van der Waals surface area contributed by atoms with Crippen LogP contribution in [0.2, 0.25) is 0 Å². The minimum absolute atomic E-state index is 0.336. The fourth-order valence-corrected chi connectivity index (χ4v) is 4.30. The van der Waals surface area contributed by atoms with Gasteiger partial charge in [-0.15, -0.1) is 5.10 Å². The first-order valence-electron chi connectivity index (χ1n) is 11.0. The van der Waals surface area contributed by atoms with Gasteiger partial charge in [-0.3, -0.25) is 0 Å². The summed E-state index contributed by atoms with van der Waals surface area (Å²) in [4.78, 5) is 4.50. The molecule has 0 atom stereocenters. The normalized spacial score (nSPS) is 18.7. The number of nitrogens with one attached hydrogen (secondary N) is 2. The molecule has 0 saturated heterocycles. The maximum Gasteiger partial charge on any atom is 0.177 e. The molecule has 6 nitrogen and oxygen atoms in total. The number of imidazole rings is 1. The van der Waals surface area contributed by atoms with Crippen LogP contribution in [0.4, 0.5) is 17.2 Å². The van der Waals surface area contributed by atoms with E-state index in [1.807, 2.05) is 16.8 Å². The number of rotatable bonds is 6. The van der Waals surface area contributed by atoms with Crippen LogP contribution in [0.5, 0.6) is 0 Å². The predicted octanol–water partition coefficient (Wildman–Crippen LogP) is 4.75. The van der Waals surface area contributed by atoms with Crippen molar-refractivity contribution in [1.29, 1.82) is 0 Å². The number of hydrogen-bond acceptors (Lipinski definition) is 5. The quantitative estimate of drug-likeness (QED) is 0.426. The summed E-state index contributed by atoms with van der Waals surface area (Å²) in [5.74, 6) is 0.855. The standard InChI is InChI=1S/C25H28N6/c26-20-9-11-21(12-10-20)29-24-17-23(25-27-13-14-31(25)30-24)28-22-8-4-7-19(16-22)15-18-5-2-1-3-6-18/h1-8,13-14,16-17,20-21,28H,9-12,15,26H2,(H,29,30)/t20-,21-. The highest BCUT2D eigenvalue weighted by Crippen LogP contribution is 2.26. The molecule has 158 valence electrons. The minimum Gasteiger partial charge on any atom is -0.366 e. The second-order valence-electron chi connectivity index (χ2n) is 8.38. The highest BCUT2D eigenvalue weighted by atomic mass is 15.3. The second kappa shape index (κ2) is 8.78. The molecule has 0 aliphatic heterocycles. The van der Waals surface area contributed by atoms with E-state index in [4.69, 9.17) is 10.8 Å². The lowest BCUT2D eigenvalue weighted by Gasteiger charge is -2.27. The zero-order valence-electron chi connectivity index (χ0n) is 17.5. The molecule has 0 spiro atoms. The molecule has 1 aliphatic carbocycles. The van der Waals surface area contributed by atoms with E-state index in [0.29, 0.717) is 12.1 Å². The third-order valence-electron chi connectivity index (χ3n) is 5.94. The van der Waals surface area contributed by atoms with Gasteiger partial charge in [0.05, 0.1) is 5.69 Å². The van der Waals surface area contributed by atoms with Crippen molar-refractivity contribution in [2.45, 2.75) is 44.2 Å². The molecule has 2 aromatic heterocycles. The number of nitrogens with two attached hydrogens (primary N) is 1. The predicted molar refractivity (Wildman–Crippen MR) is 126 cm³/mol. The minimum atomic E-state index is 0.336. The fourth-order valence-electron chi connectivity index (χ4n) is 4.30. The lowest BCUT2D eigenvalue weighted by atomic mass is 9.92. The number of nitrogens with zero attached hydrogens (tertiary/aromatic N) is 3. The van der Waals surface area contributed by atoms with Crippen molar-refractivity contribution >= 4 is 22.8 Å². The SMILES string of the molecule is N[C@H]1CC[C@H](Nc2cc(Nc3cccc(Cc4ccccc4)c3)c3nccn3n2)CC1. The van der Waals surface area contributed by atoms with Gasteiger partial charge in [0.15, 0.2) is 5.65 Å². The van der Waals surface area contributed by atoms with Gasteiger partial charge in [-0.2, -0.15) is 0 Å². The molecule has 0 unspecified atom stereocenters. The first-order valence-corrected chi connectivity index (χ1v) is 11.0. The summed E-state index contributed by atoms with van der Waals surface area (Å²) < 4.78 is 1.83. The van der Waals surface area contributed by atoms with Crippen molar-refractivity contribution < 1.29 is 0 Å². The zero-order valence-corrected chi connectivity index (χ0v) is 17.5. The highest BCUT2D eigenvalue weighted by Gasteiger charge is 2.19. The molecule has 4 N–H and O–H groups in total. The van der Waals surface area contributed by atoms with Crippen molar-refractivity contribution in [3.63, 3.8) is 0 Å². The van der Waals surface area contributed by atoms with Crippen LogP contribution < -0.4 is 16.4 Å². The molecule has 0 radical (unpaired) electrons. The average molecular weight is 413 g/mol. The smallest absolute Gasteiger partial charge is 0.177 e. The average Bonchev–Trinajstić information content (AvgIpc) is 3.25. The van der Waals surface area contributed by atoms with Gasteiger partial charge in [0.2, 0.25) is 0 Å². The Balaban J connectivity index is 1.37. The summed E-state index contributed by atoms with van der Waals surface area (Å²) in [6.45, 7) is 0. The van der Waals surface area contributed by atoms with Crippen LogP contribution in [0.25, 0.3) is 5.65 Å². The summed E-state index contributed by atoms with van der Waals surface area (Å²) in [6, 6.07) is 21.9. The largest absolute Gasteiger partial charge is 0.366 e. The number of aromatic nitrogens is 3. The van der Waals surface area contributed by atoms with E-state index in [-0.39, 0.29) is 0 Å². The lowest BCUT2D eigenvalue weighted by molar-refractivity contribution is 0.410. The van der Waals surface area contributed by atoms with E-state index in [1.165, 1.54) is 11.1 Å². The Morgan fingerprint density at radius 3 is 2.58 bits per heavy atom. The van der Waals surface area contributed by atoms with Crippen molar-refractivity contribution in [1.82, 2.24) is 14.6 Å². The third kappa shape index (κ3) is 4.70. The summed E-state index contributed by atoms with van der Waals surface area (Å²) in [7, 11) is 0. The Morgan fingerprint density at radius 2 is 1.74 bits per heavy atom. The van der Waals surface area contributed by atoms with Gasteiger partial charge in [0, 0.05) is 36.2 Å². The van der Waals surface area contributed by atoms with Crippen LogP contribution in [0.3, 0.4) is 0 Å². The first-order chi connectivity index (χ1) is 15.2. The van der Waals surface area contributed by atoms with Crippen LogP contribution >= 0.6 is 0 Å². The van der Waals surface area contributed by atoms with Gasteiger partial charge in [-0.25, -0.2) is 9.50 Å². The van der Waals surface area contributed by atoms with E-state index >= 15 is 0 Å². The Bertz CT molecular complexity index is 1150. The Labute approximate surface area is 182 Å². The Hall–Kier alpha value is -3.38. The summed E-state index contributed by atoms with van der Waals surface area (Å²) in [6.07, 6.45) is 8.85. The number of fused-ring (bicyclic) bond motifs is 1. The first kappa shape index (κ1) is 19.6. The van der Waals surface area contributed by atoms with Crippen LogP contribution in [-0.2, 0) is 6.42 Å². The van der Waals surface area contributed by atoms with Crippen molar-refractivity contribution in [2.24, 2.45) is 5.73 Å². The molecule has 5 rings (SSSR count). The van der Waals surface area contributed by atoms with Gasteiger partial charge in [-0.05, 0) is 55.4 Å². The molecule has 1 fully saturated rings. The van der Waals surface area contributed by atoms with Gasteiger partial charge < -0.3 is 16.4 Å². The van der Waals surface area contributed by atoms with Gasteiger partial charge in [0.1, 0.15) is 5.82 Å². The maximum atomic E-state index is 6.06. The lowest BCUT2D eigenvalue weighted by Crippen LogP contribution is -2.33. The molecule has 1 aliphatic rings. The highest BCUT2D eigenvalue weighted by molar-refractivity contribution is 5.76. The van der Waals surface area contributed by atoms with Crippen LogP contribution in [0.15, 0.2) is 73.1 Å². The zero-order chi connectivity index (χ0) is 21.0. The fraction of sp³-hybridized carbons (Fsp3) is 0.280. The van der Waals surface area contributed by atoms with E-state index in [1.54, 1.807) is 6.20 Å². The third-order valence-corrected chi connectivity index (χ3v) is 5.94. The molecular formula is C25H28N6. The summed E-state index contributed by atoms with van der Waals surface area (Å²) >= 11 is 0. The van der Waals surface area contributed by atoms with Crippen LogP contribution in [0.1, 0.15) is 36.8 Å². The number of benzene rings is 2. The van der Waals surface area contributed by atoms with Crippen LogP contribution in [0, 0.1) is 0 Å². The van der Waals surface area contributed by atoms with Gasteiger partial charge in [0.25, 0.3) is 0 Å². The van der Waals surface area contributed by atoms with E-state index < -0.39 is 0 Å². The van der Waals surface area contributed by atoms with Crippen molar-refractivity contribution in [2.75, 3.05) is 10.6 Å². The second-order valence-corrected chi connectivity index (χ2v) is 8.38. The Morgan fingerprint density at radius 1 is 0.935 bits per heavy atom. The molecular weight excluding hydrogens is 384 g/mol. The topological polar surface area (TPSA) is 80.3 Å². The number of hydrogen-bond donors (Lipinski definition) is 3. The van der Waals surface area contributed by atoms with E-state index in [9.17, 15) is 0 Å². The van der Waals surface area contributed by atoms with Gasteiger partial charge >= 0.3 is 0 Å². The summed E-state index contributed by atoms with van der Waals surface area (Å²) in [5, 5.41) is 11.9. The number of anilines is 3. The van der Waals surface area contributed by atoms with E-state index in [2.05, 4.69) is 70.2 Å². The van der Waals surface area contributed by atoms with E-state index in [0.717, 1.165) is 54.9 Å². The Kier molecular flexibility index (Phi) is 5.54. The molecule has 0 amide bonds. The van der Waals surface area contributed by atoms with Crippen molar-refractivity contribution in [3.8, 4) is 0 Å². The molecule has 2 aromatic carbocycles. The monoisotopic (exact) mass is 412 g/mol. The van der Waals surface area contributed by atoms with Gasteiger partial charge in [-0.1, -0.05) is 42.5 Å².